The highest BCUT2D eigenvalue weighted by atomic mass is 35.5. The summed E-state index contributed by atoms with van der Waals surface area (Å²) >= 11 is 6.74. The summed E-state index contributed by atoms with van der Waals surface area (Å²) in [4.78, 5) is 25.6. The van der Waals surface area contributed by atoms with Crippen molar-refractivity contribution < 1.29 is 14.7 Å². The minimum Gasteiger partial charge on any atom is -0.481 e. The molecule has 2 aliphatic rings. The lowest BCUT2D eigenvalue weighted by molar-refractivity contribution is -0.137. The molecule has 6 heteroatoms. The Labute approximate surface area is 203 Å². The van der Waals surface area contributed by atoms with Crippen LogP contribution in [-0.2, 0) is 16.8 Å². The highest BCUT2D eigenvalue weighted by Crippen LogP contribution is 2.43. The molecular weight excluding hydrogens is 436 g/mol. The molecule has 1 aromatic rings. The number of rotatable bonds is 8. The second-order valence-electron chi connectivity index (χ2n) is 11.0. The normalized spacial score (nSPS) is 22.2. The first-order valence-corrected chi connectivity index (χ1v) is 12.7. The molecule has 1 heterocycles. The molecule has 0 saturated heterocycles. The van der Waals surface area contributed by atoms with Crippen LogP contribution in [0.5, 0.6) is 0 Å². The van der Waals surface area contributed by atoms with E-state index in [9.17, 15) is 9.59 Å². The zero-order chi connectivity index (χ0) is 24.2. The summed E-state index contributed by atoms with van der Waals surface area (Å²) in [6, 6.07) is 6.06. The summed E-state index contributed by atoms with van der Waals surface area (Å²) in [5, 5.41) is 13.0. The molecular formula is C27H39ClN2O3. The Balaban J connectivity index is 1.91. The van der Waals surface area contributed by atoms with E-state index >= 15 is 0 Å². The standard InChI is InChI=1S/C27H39ClN2O3/c1-26(2,3)15-14-20-12-13-21(17-23(20)28)27(4)22(19-9-6-5-7-10-19)18-30(25(33)29-27)16-8-11-24(31)32/h12-13,17-19H,5-11,14-16H2,1-4H3,(H,29,33)(H,31,32)/t27-/m0/s1. The molecule has 2 amide bonds. The van der Waals surface area contributed by atoms with E-state index < -0.39 is 11.5 Å². The minimum absolute atomic E-state index is 0.0548. The van der Waals surface area contributed by atoms with E-state index in [0.717, 1.165) is 41.8 Å². The topological polar surface area (TPSA) is 69.6 Å². The van der Waals surface area contributed by atoms with Crippen molar-refractivity contribution in [1.82, 2.24) is 10.2 Å². The summed E-state index contributed by atoms with van der Waals surface area (Å²) in [5.74, 6) is -0.444. The Morgan fingerprint density at radius 3 is 2.55 bits per heavy atom. The highest BCUT2D eigenvalue weighted by molar-refractivity contribution is 6.31. The average Bonchev–Trinajstić information content (AvgIpc) is 2.74. The third-order valence-electron chi connectivity index (χ3n) is 7.10. The van der Waals surface area contributed by atoms with Gasteiger partial charge in [-0.3, -0.25) is 4.79 Å². The van der Waals surface area contributed by atoms with Crippen molar-refractivity contribution in [1.29, 1.82) is 0 Å². The van der Waals surface area contributed by atoms with Gasteiger partial charge in [0.25, 0.3) is 0 Å². The number of hydrogen-bond donors (Lipinski definition) is 2. The number of nitrogens with one attached hydrogen (secondary N) is 1. The van der Waals surface area contributed by atoms with Crippen molar-refractivity contribution >= 4 is 23.6 Å². The van der Waals surface area contributed by atoms with E-state index in [1.54, 1.807) is 4.90 Å². The first kappa shape index (κ1) is 25.6. The number of aryl methyl sites for hydroxylation is 1. The van der Waals surface area contributed by atoms with Crippen LogP contribution in [0.4, 0.5) is 4.79 Å². The molecule has 33 heavy (non-hydrogen) atoms. The largest absolute Gasteiger partial charge is 0.481 e. The summed E-state index contributed by atoms with van der Waals surface area (Å²) < 4.78 is 0. The number of nitrogens with zero attached hydrogens (tertiary/aromatic N) is 1. The van der Waals surface area contributed by atoms with Crippen molar-refractivity contribution in [3.05, 3.63) is 46.1 Å². The summed E-state index contributed by atoms with van der Waals surface area (Å²) in [5.41, 5.74) is 2.96. The van der Waals surface area contributed by atoms with Crippen molar-refractivity contribution in [2.24, 2.45) is 11.3 Å². The van der Waals surface area contributed by atoms with Crippen molar-refractivity contribution in [3.63, 3.8) is 0 Å². The third-order valence-corrected chi connectivity index (χ3v) is 7.45. The number of carboxylic acids is 1. The number of aliphatic carboxylic acids is 1. The quantitative estimate of drug-likeness (QED) is 0.431. The molecule has 182 valence electrons. The van der Waals surface area contributed by atoms with Gasteiger partial charge < -0.3 is 15.3 Å². The Morgan fingerprint density at radius 2 is 1.94 bits per heavy atom. The lowest BCUT2D eigenvalue weighted by Gasteiger charge is -2.44. The zero-order valence-electron chi connectivity index (χ0n) is 20.5. The molecule has 0 unspecified atom stereocenters. The van der Waals surface area contributed by atoms with Crippen molar-refractivity contribution in [3.8, 4) is 0 Å². The van der Waals surface area contributed by atoms with Crippen molar-refractivity contribution in [2.45, 2.75) is 91.0 Å². The highest BCUT2D eigenvalue weighted by Gasteiger charge is 2.42. The number of amides is 2. The van der Waals surface area contributed by atoms with E-state index in [2.05, 4.69) is 45.1 Å². The van der Waals surface area contributed by atoms with Crippen LogP contribution in [0.15, 0.2) is 30.0 Å². The molecule has 0 spiro atoms. The van der Waals surface area contributed by atoms with Crippen LogP contribution in [0.3, 0.4) is 0 Å². The molecule has 0 radical (unpaired) electrons. The van der Waals surface area contributed by atoms with Gasteiger partial charge in [0.2, 0.25) is 0 Å². The molecule has 1 aliphatic carbocycles. The monoisotopic (exact) mass is 474 g/mol. The molecule has 3 rings (SSSR count). The number of carbonyl (C=O) groups is 2. The lowest BCUT2D eigenvalue weighted by atomic mass is 9.72. The van der Waals surface area contributed by atoms with E-state index in [-0.39, 0.29) is 17.9 Å². The van der Waals surface area contributed by atoms with E-state index in [0.29, 0.717) is 18.9 Å². The number of urea groups is 1. The van der Waals surface area contributed by atoms with Gasteiger partial charge in [0.05, 0.1) is 5.54 Å². The number of carbonyl (C=O) groups excluding carboxylic acids is 1. The van der Waals surface area contributed by atoms with Crippen LogP contribution >= 0.6 is 11.6 Å². The van der Waals surface area contributed by atoms with Crippen LogP contribution < -0.4 is 5.32 Å². The molecule has 0 aromatic heterocycles. The van der Waals surface area contributed by atoms with E-state index in [1.165, 1.54) is 24.8 Å². The number of hydrogen-bond acceptors (Lipinski definition) is 2. The van der Waals surface area contributed by atoms with Gasteiger partial charge in [-0.25, -0.2) is 4.79 Å². The lowest BCUT2D eigenvalue weighted by Crippen LogP contribution is -2.55. The van der Waals surface area contributed by atoms with E-state index in [4.69, 9.17) is 16.7 Å². The minimum atomic E-state index is -0.838. The second kappa shape index (κ2) is 10.5. The van der Waals surface area contributed by atoms with Gasteiger partial charge in [-0.05, 0) is 73.1 Å². The summed E-state index contributed by atoms with van der Waals surface area (Å²) in [6.07, 6.45) is 10.3. The van der Waals surface area contributed by atoms with Crippen LogP contribution in [0, 0.1) is 11.3 Å². The Bertz CT molecular complexity index is 899. The summed E-state index contributed by atoms with van der Waals surface area (Å²) in [6.45, 7) is 9.18. The van der Waals surface area contributed by atoms with Gasteiger partial charge in [0.1, 0.15) is 0 Å². The predicted molar refractivity (Wildman–Crippen MR) is 133 cm³/mol. The first-order valence-electron chi connectivity index (χ1n) is 12.3. The molecule has 5 nitrogen and oxygen atoms in total. The predicted octanol–water partition coefficient (Wildman–Crippen LogP) is 6.89. The number of halogens is 1. The Hall–Kier alpha value is -2.01. The molecule has 1 aliphatic heterocycles. The molecule has 2 N–H and O–H groups in total. The van der Waals surface area contributed by atoms with Gasteiger partial charge in [-0.1, -0.05) is 63.8 Å². The van der Waals surface area contributed by atoms with Gasteiger partial charge in [0.15, 0.2) is 0 Å². The fourth-order valence-electron chi connectivity index (χ4n) is 5.02. The maximum absolute atomic E-state index is 13.0. The van der Waals surface area contributed by atoms with Gasteiger partial charge in [-0.15, -0.1) is 0 Å². The Kier molecular flexibility index (Phi) is 8.15. The van der Waals surface area contributed by atoms with Crippen LogP contribution in [-0.4, -0.2) is 28.6 Å². The maximum atomic E-state index is 13.0. The van der Waals surface area contributed by atoms with Gasteiger partial charge in [0, 0.05) is 24.2 Å². The van der Waals surface area contributed by atoms with Gasteiger partial charge >= 0.3 is 12.0 Å². The Morgan fingerprint density at radius 1 is 1.24 bits per heavy atom. The smallest absolute Gasteiger partial charge is 0.322 e. The van der Waals surface area contributed by atoms with Crippen LogP contribution in [0.25, 0.3) is 0 Å². The zero-order valence-corrected chi connectivity index (χ0v) is 21.3. The van der Waals surface area contributed by atoms with Crippen molar-refractivity contribution in [2.75, 3.05) is 6.54 Å². The van der Waals surface area contributed by atoms with Crippen LogP contribution in [0.2, 0.25) is 5.02 Å². The second-order valence-corrected chi connectivity index (χ2v) is 11.4. The first-order chi connectivity index (χ1) is 15.5. The number of carboxylic acid groups (broad SMARTS) is 1. The molecule has 1 aromatic carbocycles. The average molecular weight is 475 g/mol. The maximum Gasteiger partial charge on any atom is 0.322 e. The summed E-state index contributed by atoms with van der Waals surface area (Å²) in [7, 11) is 0. The molecule has 1 atom stereocenters. The molecule has 1 fully saturated rings. The number of benzene rings is 1. The SMILES string of the molecule is CC(C)(C)CCc1ccc([C@]2(C)NC(=O)N(CCCC(=O)O)C=C2C2CCCCC2)cc1Cl. The van der Waals surface area contributed by atoms with E-state index in [1.807, 2.05) is 12.3 Å². The van der Waals surface area contributed by atoms with Crippen LogP contribution in [0.1, 0.15) is 90.2 Å². The molecule has 1 saturated carbocycles. The third kappa shape index (κ3) is 6.53. The van der Waals surface area contributed by atoms with Gasteiger partial charge in [-0.2, -0.15) is 0 Å². The molecule has 0 bridgehead atoms. The fourth-order valence-corrected chi connectivity index (χ4v) is 5.29. The fraction of sp³-hybridized carbons (Fsp3) is 0.630.